The first-order chi connectivity index (χ1) is 18.4. The zero-order valence-corrected chi connectivity index (χ0v) is 22.0. The maximum Gasteiger partial charge on any atom is 0.325 e. The van der Waals surface area contributed by atoms with Crippen LogP contribution in [-0.4, -0.2) is 53.8 Å². The third-order valence-electron chi connectivity index (χ3n) is 6.57. The van der Waals surface area contributed by atoms with Gasteiger partial charge in [-0.25, -0.2) is 4.98 Å². The summed E-state index contributed by atoms with van der Waals surface area (Å²) in [7, 11) is 1.26. The molecule has 1 aromatic heterocycles. The Morgan fingerprint density at radius 3 is 2.50 bits per heavy atom. The van der Waals surface area contributed by atoms with Gasteiger partial charge in [-0.1, -0.05) is 54.8 Å². The van der Waals surface area contributed by atoms with Crippen LogP contribution in [0.5, 0.6) is 0 Å². The van der Waals surface area contributed by atoms with Crippen molar-refractivity contribution >= 4 is 41.0 Å². The van der Waals surface area contributed by atoms with Crippen molar-refractivity contribution in [1.82, 2.24) is 15.3 Å². The minimum absolute atomic E-state index is 0.211. The summed E-state index contributed by atoms with van der Waals surface area (Å²) >= 11 is 6.08. The van der Waals surface area contributed by atoms with Gasteiger partial charge >= 0.3 is 5.97 Å². The van der Waals surface area contributed by atoms with Crippen molar-refractivity contribution in [2.24, 2.45) is 0 Å². The molecule has 0 saturated heterocycles. The van der Waals surface area contributed by atoms with Crippen molar-refractivity contribution in [2.45, 2.75) is 37.6 Å². The highest BCUT2D eigenvalue weighted by molar-refractivity contribution is 6.30. The molecule has 1 unspecified atom stereocenters. The fourth-order valence-electron chi connectivity index (χ4n) is 4.46. The van der Waals surface area contributed by atoms with Crippen LogP contribution >= 0.6 is 11.6 Å². The van der Waals surface area contributed by atoms with E-state index in [4.69, 9.17) is 17.0 Å². The van der Waals surface area contributed by atoms with Gasteiger partial charge in [0.05, 0.1) is 13.0 Å². The molecule has 1 aliphatic carbocycles. The summed E-state index contributed by atoms with van der Waals surface area (Å²) in [5.41, 5.74) is 2.72. The summed E-state index contributed by atoms with van der Waals surface area (Å²) in [6.07, 6.45) is 5.89. The van der Waals surface area contributed by atoms with E-state index in [2.05, 4.69) is 30.7 Å². The number of amides is 1. The maximum atomic E-state index is 12.9. The van der Waals surface area contributed by atoms with E-state index in [1.54, 1.807) is 12.1 Å². The molecule has 1 amide bonds. The van der Waals surface area contributed by atoms with E-state index in [0.717, 1.165) is 36.8 Å². The summed E-state index contributed by atoms with van der Waals surface area (Å²) in [6.45, 7) is 0.0937. The second kappa shape index (κ2) is 13.0. The Bertz CT molecular complexity index is 1260. The Hall–Kier alpha value is -3.98. The van der Waals surface area contributed by atoms with Gasteiger partial charge in [0, 0.05) is 29.4 Å². The summed E-state index contributed by atoms with van der Waals surface area (Å²) < 4.78 is 4.63. The lowest BCUT2D eigenvalue weighted by Gasteiger charge is -2.19. The largest absolute Gasteiger partial charge is 0.468 e. The molecule has 3 aromatic rings. The van der Waals surface area contributed by atoms with Gasteiger partial charge in [-0.15, -0.1) is 0 Å². The number of carbonyl (C=O) groups excluding carboxylic acids is 2. The third kappa shape index (κ3) is 7.07. The first kappa shape index (κ1) is 27.1. The van der Waals surface area contributed by atoms with Crippen LogP contribution in [0.4, 0.5) is 11.8 Å². The van der Waals surface area contributed by atoms with Crippen LogP contribution in [0.1, 0.15) is 53.1 Å². The highest BCUT2D eigenvalue weighted by Crippen LogP contribution is 2.25. The summed E-state index contributed by atoms with van der Waals surface area (Å²) in [4.78, 5) is 33.5. The summed E-state index contributed by atoms with van der Waals surface area (Å²) in [6, 6.07) is 17.5. The Morgan fingerprint density at radius 1 is 1.11 bits per heavy atom. The SMILES string of the molecule is COC(=O)CNC(=O)c1cnc(NC2CCCC2)nc1NCC(C(=[NH2+])c1ccc(Cl)cc1)c1ccccc1. The van der Waals surface area contributed by atoms with Crippen molar-refractivity contribution in [2.75, 3.05) is 30.8 Å². The fourth-order valence-corrected chi connectivity index (χ4v) is 4.59. The molecule has 5 N–H and O–H groups in total. The maximum absolute atomic E-state index is 12.9. The van der Waals surface area contributed by atoms with E-state index in [-0.39, 0.29) is 18.0 Å². The second-order valence-electron chi connectivity index (χ2n) is 9.15. The van der Waals surface area contributed by atoms with E-state index in [1.165, 1.54) is 13.3 Å². The van der Waals surface area contributed by atoms with E-state index in [0.29, 0.717) is 35.1 Å². The van der Waals surface area contributed by atoms with E-state index < -0.39 is 11.9 Å². The van der Waals surface area contributed by atoms with Gasteiger partial charge in [0.25, 0.3) is 5.91 Å². The number of rotatable bonds is 11. The molecule has 0 bridgehead atoms. The number of carbonyl (C=O) groups is 2. The van der Waals surface area contributed by atoms with Crippen LogP contribution in [0.3, 0.4) is 0 Å². The molecular formula is C28H32ClN6O3+. The minimum Gasteiger partial charge on any atom is -0.468 e. The fraction of sp³-hybridized carbons (Fsp3) is 0.321. The van der Waals surface area contributed by atoms with Gasteiger partial charge in [0.1, 0.15) is 17.9 Å². The van der Waals surface area contributed by atoms with Crippen molar-refractivity contribution < 1.29 is 19.7 Å². The number of anilines is 2. The molecule has 0 radical (unpaired) electrons. The van der Waals surface area contributed by atoms with Crippen molar-refractivity contribution in [1.29, 1.82) is 0 Å². The van der Waals surface area contributed by atoms with Crippen LogP contribution in [0.15, 0.2) is 60.8 Å². The molecule has 4 rings (SSSR count). The summed E-state index contributed by atoms with van der Waals surface area (Å²) in [5.74, 6) is -0.494. The van der Waals surface area contributed by atoms with Gasteiger partial charge in [-0.05, 0) is 42.7 Å². The smallest absolute Gasteiger partial charge is 0.325 e. The quantitative estimate of drug-likeness (QED) is 0.219. The van der Waals surface area contributed by atoms with Gasteiger partial charge in [0.2, 0.25) is 5.95 Å². The number of hydrogen-bond donors (Lipinski definition) is 4. The molecule has 1 atom stereocenters. The zero-order chi connectivity index (χ0) is 26.9. The van der Waals surface area contributed by atoms with Gasteiger partial charge in [-0.3, -0.25) is 15.0 Å². The number of ether oxygens (including phenoxy) is 1. The number of methoxy groups -OCH3 is 1. The Balaban J connectivity index is 1.60. The average Bonchev–Trinajstić information content (AvgIpc) is 3.45. The van der Waals surface area contributed by atoms with Crippen LogP contribution < -0.4 is 21.4 Å². The zero-order valence-electron chi connectivity index (χ0n) is 21.2. The van der Waals surface area contributed by atoms with E-state index >= 15 is 0 Å². The first-order valence-corrected chi connectivity index (χ1v) is 13.0. The molecular weight excluding hydrogens is 504 g/mol. The molecule has 0 aliphatic heterocycles. The predicted octanol–water partition coefficient (Wildman–Crippen LogP) is 2.83. The molecule has 10 heteroatoms. The molecule has 1 fully saturated rings. The molecule has 1 saturated carbocycles. The normalized spacial score (nSPS) is 13.9. The monoisotopic (exact) mass is 535 g/mol. The molecule has 1 aliphatic rings. The molecule has 2 aromatic carbocycles. The van der Waals surface area contributed by atoms with Crippen LogP contribution in [0.2, 0.25) is 5.02 Å². The van der Waals surface area contributed by atoms with Gasteiger partial charge < -0.3 is 20.7 Å². The van der Waals surface area contributed by atoms with Gasteiger partial charge in [-0.2, -0.15) is 4.98 Å². The number of nitrogens with zero attached hydrogens (tertiary/aromatic N) is 2. The second-order valence-corrected chi connectivity index (χ2v) is 9.58. The number of nitrogens with one attached hydrogen (secondary N) is 3. The first-order valence-electron chi connectivity index (χ1n) is 12.6. The van der Waals surface area contributed by atoms with E-state index in [1.807, 2.05) is 42.5 Å². The molecule has 0 spiro atoms. The lowest BCUT2D eigenvalue weighted by atomic mass is 9.90. The van der Waals surface area contributed by atoms with Crippen LogP contribution in [-0.2, 0) is 9.53 Å². The number of esters is 1. The summed E-state index contributed by atoms with van der Waals surface area (Å²) in [5, 5.41) is 16.6. The number of hydrogen-bond acceptors (Lipinski definition) is 7. The molecule has 9 nitrogen and oxygen atoms in total. The van der Waals surface area contributed by atoms with Crippen LogP contribution in [0.25, 0.3) is 0 Å². The molecule has 1 heterocycles. The third-order valence-corrected chi connectivity index (χ3v) is 6.82. The number of halogens is 1. The standard InChI is InChI=1S/C28H31ClN6O3/c1-38-24(36)17-32-27(37)23-16-33-28(34-21-9-5-6-10-21)35-26(23)31-15-22(18-7-3-2-4-8-18)25(30)19-11-13-20(29)14-12-19/h2-4,7-8,11-14,16,21-22,30H,5-6,9-10,15,17H2,1H3,(H,32,37)(H2,31,33,34,35)/p+1. The highest BCUT2D eigenvalue weighted by atomic mass is 35.5. The number of aromatic nitrogens is 2. The van der Waals surface area contributed by atoms with Gasteiger partial charge in [0.15, 0.2) is 5.71 Å². The predicted molar refractivity (Wildman–Crippen MR) is 147 cm³/mol. The van der Waals surface area contributed by atoms with Crippen molar-refractivity contribution in [3.05, 3.63) is 82.5 Å². The topological polar surface area (TPSA) is 131 Å². The minimum atomic E-state index is -0.553. The molecule has 38 heavy (non-hydrogen) atoms. The highest BCUT2D eigenvalue weighted by Gasteiger charge is 2.25. The average molecular weight is 536 g/mol. The van der Waals surface area contributed by atoms with Crippen molar-refractivity contribution in [3.63, 3.8) is 0 Å². The Morgan fingerprint density at radius 2 is 1.82 bits per heavy atom. The Kier molecular flexibility index (Phi) is 9.26. The lowest BCUT2D eigenvalue weighted by molar-refractivity contribution is -0.139. The Labute approximate surface area is 226 Å². The molecule has 198 valence electrons. The van der Waals surface area contributed by atoms with Crippen LogP contribution in [0, 0.1) is 0 Å². The van der Waals surface area contributed by atoms with E-state index in [9.17, 15) is 9.59 Å². The number of nitrogens with two attached hydrogens (primary N) is 1. The lowest BCUT2D eigenvalue weighted by Crippen LogP contribution is -2.46. The van der Waals surface area contributed by atoms with Crippen molar-refractivity contribution in [3.8, 4) is 0 Å². The number of benzene rings is 2.